The average molecular weight is 351 g/mol. The SMILES string of the molecule is C=CCNc1nnc(SC(C)c2nnc(-c3cccs3)o2)s1. The first-order valence-corrected chi connectivity index (χ1v) is 9.06. The van der Waals surface area contributed by atoms with Crippen LogP contribution in [-0.4, -0.2) is 26.9 Å². The van der Waals surface area contributed by atoms with Crippen molar-refractivity contribution in [1.29, 1.82) is 0 Å². The first kappa shape index (κ1) is 15.2. The van der Waals surface area contributed by atoms with Crippen molar-refractivity contribution in [3.63, 3.8) is 0 Å². The molecule has 1 atom stereocenters. The zero-order valence-electron chi connectivity index (χ0n) is 11.7. The molecule has 0 bridgehead atoms. The fourth-order valence-electron chi connectivity index (χ4n) is 1.59. The van der Waals surface area contributed by atoms with Gasteiger partial charge in [-0.25, -0.2) is 0 Å². The second-order valence-corrected chi connectivity index (χ2v) is 7.74. The zero-order valence-corrected chi connectivity index (χ0v) is 14.2. The van der Waals surface area contributed by atoms with Crippen molar-refractivity contribution in [3.05, 3.63) is 36.1 Å². The summed E-state index contributed by atoms with van der Waals surface area (Å²) in [6.45, 7) is 6.33. The Balaban J connectivity index is 1.65. The molecular weight excluding hydrogens is 338 g/mol. The van der Waals surface area contributed by atoms with E-state index < -0.39 is 0 Å². The first-order valence-electron chi connectivity index (χ1n) is 6.48. The van der Waals surface area contributed by atoms with Gasteiger partial charge in [-0.1, -0.05) is 35.2 Å². The molecular formula is C13H13N5OS3. The molecule has 0 aliphatic rings. The van der Waals surface area contributed by atoms with E-state index in [1.807, 2.05) is 24.4 Å². The molecule has 0 aliphatic heterocycles. The minimum atomic E-state index is 0.0152. The van der Waals surface area contributed by atoms with Crippen LogP contribution < -0.4 is 5.32 Å². The molecule has 0 saturated carbocycles. The van der Waals surface area contributed by atoms with E-state index in [1.165, 1.54) is 11.3 Å². The molecule has 0 aliphatic carbocycles. The molecule has 9 heteroatoms. The molecule has 0 fully saturated rings. The molecule has 0 spiro atoms. The summed E-state index contributed by atoms with van der Waals surface area (Å²) in [6, 6.07) is 3.92. The molecule has 3 rings (SSSR count). The van der Waals surface area contributed by atoms with Crippen LogP contribution >= 0.6 is 34.4 Å². The zero-order chi connectivity index (χ0) is 15.4. The number of anilines is 1. The predicted octanol–water partition coefficient (Wildman–Crippen LogP) is 4.10. The normalized spacial score (nSPS) is 12.2. The van der Waals surface area contributed by atoms with Crippen LogP contribution in [0.3, 0.4) is 0 Å². The van der Waals surface area contributed by atoms with Crippen molar-refractivity contribution in [3.8, 4) is 10.8 Å². The molecule has 3 aromatic rings. The summed E-state index contributed by atoms with van der Waals surface area (Å²) in [7, 11) is 0. The summed E-state index contributed by atoms with van der Waals surface area (Å²) < 4.78 is 6.59. The molecule has 0 amide bonds. The van der Waals surface area contributed by atoms with Crippen LogP contribution in [0.15, 0.2) is 38.9 Å². The van der Waals surface area contributed by atoms with E-state index in [-0.39, 0.29) is 5.25 Å². The lowest BCUT2D eigenvalue weighted by molar-refractivity contribution is 0.510. The maximum atomic E-state index is 5.73. The topological polar surface area (TPSA) is 76.7 Å². The highest BCUT2D eigenvalue weighted by molar-refractivity contribution is 8.01. The summed E-state index contributed by atoms with van der Waals surface area (Å²) in [5, 5.41) is 22.3. The summed E-state index contributed by atoms with van der Waals surface area (Å²) in [4.78, 5) is 0.975. The number of hydrogen-bond donors (Lipinski definition) is 1. The second kappa shape index (κ2) is 7.03. The third kappa shape index (κ3) is 3.54. The first-order chi connectivity index (χ1) is 10.8. The van der Waals surface area contributed by atoms with Gasteiger partial charge in [-0.2, -0.15) is 0 Å². The van der Waals surface area contributed by atoms with Crippen molar-refractivity contribution >= 4 is 39.6 Å². The number of nitrogens with zero attached hydrogens (tertiary/aromatic N) is 4. The van der Waals surface area contributed by atoms with Crippen molar-refractivity contribution in [1.82, 2.24) is 20.4 Å². The molecule has 3 heterocycles. The third-order valence-corrected chi connectivity index (χ3v) is 5.51. The Kier molecular flexibility index (Phi) is 4.86. The molecule has 6 nitrogen and oxygen atoms in total. The van der Waals surface area contributed by atoms with Crippen LogP contribution in [0.25, 0.3) is 10.8 Å². The van der Waals surface area contributed by atoms with Gasteiger partial charge in [-0.05, 0) is 18.4 Å². The Morgan fingerprint density at radius 2 is 2.32 bits per heavy atom. The molecule has 1 unspecified atom stereocenters. The molecule has 0 radical (unpaired) electrons. The van der Waals surface area contributed by atoms with E-state index in [2.05, 4.69) is 32.3 Å². The number of aromatic nitrogens is 4. The van der Waals surface area contributed by atoms with Gasteiger partial charge in [0.1, 0.15) is 0 Å². The van der Waals surface area contributed by atoms with Gasteiger partial charge in [0.05, 0.1) is 10.1 Å². The smallest absolute Gasteiger partial charge is 0.257 e. The van der Waals surface area contributed by atoms with E-state index in [1.54, 1.807) is 29.2 Å². The lowest BCUT2D eigenvalue weighted by atomic mass is 10.5. The van der Waals surface area contributed by atoms with Gasteiger partial charge >= 0.3 is 0 Å². The van der Waals surface area contributed by atoms with Crippen molar-refractivity contribution in [2.24, 2.45) is 0 Å². The quantitative estimate of drug-likeness (QED) is 0.507. The second-order valence-electron chi connectivity index (χ2n) is 4.23. The largest absolute Gasteiger partial charge is 0.419 e. The van der Waals surface area contributed by atoms with Gasteiger partial charge < -0.3 is 9.73 Å². The van der Waals surface area contributed by atoms with Gasteiger partial charge in [0.25, 0.3) is 5.89 Å². The molecule has 0 saturated heterocycles. The van der Waals surface area contributed by atoms with Gasteiger partial charge in [0, 0.05) is 6.54 Å². The summed E-state index contributed by atoms with van der Waals surface area (Å²) >= 11 is 4.62. The van der Waals surface area contributed by atoms with E-state index in [0.29, 0.717) is 18.3 Å². The van der Waals surface area contributed by atoms with Crippen LogP contribution in [-0.2, 0) is 0 Å². The predicted molar refractivity (Wildman–Crippen MR) is 90.5 cm³/mol. The van der Waals surface area contributed by atoms with Gasteiger partial charge in [0.2, 0.25) is 11.0 Å². The Morgan fingerprint density at radius 3 is 3.09 bits per heavy atom. The summed E-state index contributed by atoms with van der Waals surface area (Å²) in [6.07, 6.45) is 1.78. The maximum Gasteiger partial charge on any atom is 0.257 e. The Hall–Kier alpha value is -1.71. The molecule has 3 aromatic heterocycles. The minimum absolute atomic E-state index is 0.0152. The van der Waals surface area contributed by atoms with Gasteiger partial charge in [-0.3, -0.25) is 0 Å². The standard InChI is InChI=1S/C13H13N5OS3/c1-3-6-14-12-17-18-13(22-12)21-8(2)10-15-16-11(19-10)9-5-4-7-20-9/h3-5,7-8H,1,6H2,2H3,(H,14,17). The summed E-state index contributed by atoms with van der Waals surface area (Å²) in [5.74, 6) is 1.15. The molecule has 0 aromatic carbocycles. The van der Waals surface area contributed by atoms with Crippen LogP contribution in [0, 0.1) is 0 Å². The highest BCUT2D eigenvalue weighted by Crippen LogP contribution is 2.37. The number of rotatable bonds is 7. The Labute approximate surface area is 139 Å². The molecule has 1 N–H and O–H groups in total. The molecule has 114 valence electrons. The fourth-order valence-corrected chi connectivity index (χ4v) is 4.17. The fraction of sp³-hybridized carbons (Fsp3) is 0.231. The summed E-state index contributed by atoms with van der Waals surface area (Å²) in [5.41, 5.74) is 0. The minimum Gasteiger partial charge on any atom is -0.419 e. The van der Waals surface area contributed by atoms with Crippen LogP contribution in [0.5, 0.6) is 0 Å². The number of nitrogens with one attached hydrogen (secondary N) is 1. The Morgan fingerprint density at radius 1 is 1.41 bits per heavy atom. The van der Waals surface area contributed by atoms with Crippen molar-refractivity contribution in [2.75, 3.05) is 11.9 Å². The average Bonchev–Trinajstić information content (AvgIpc) is 3.25. The highest BCUT2D eigenvalue weighted by atomic mass is 32.2. The lowest BCUT2D eigenvalue weighted by Crippen LogP contribution is -1.96. The van der Waals surface area contributed by atoms with Gasteiger partial charge in [0.15, 0.2) is 4.34 Å². The highest BCUT2D eigenvalue weighted by Gasteiger charge is 2.18. The van der Waals surface area contributed by atoms with Gasteiger partial charge in [-0.15, -0.1) is 38.3 Å². The van der Waals surface area contributed by atoms with E-state index in [0.717, 1.165) is 14.3 Å². The lowest BCUT2D eigenvalue weighted by Gasteiger charge is -2.01. The van der Waals surface area contributed by atoms with Crippen LogP contribution in [0.2, 0.25) is 0 Å². The Bertz CT molecular complexity index is 737. The monoisotopic (exact) mass is 351 g/mol. The van der Waals surface area contributed by atoms with E-state index in [4.69, 9.17) is 4.42 Å². The van der Waals surface area contributed by atoms with Crippen molar-refractivity contribution < 1.29 is 4.42 Å². The van der Waals surface area contributed by atoms with Crippen molar-refractivity contribution in [2.45, 2.75) is 16.5 Å². The third-order valence-electron chi connectivity index (χ3n) is 2.60. The van der Waals surface area contributed by atoms with E-state index >= 15 is 0 Å². The van der Waals surface area contributed by atoms with Crippen LogP contribution in [0.4, 0.5) is 5.13 Å². The number of thioether (sulfide) groups is 1. The number of thiophene rings is 1. The van der Waals surface area contributed by atoms with Crippen LogP contribution in [0.1, 0.15) is 18.1 Å². The van der Waals surface area contributed by atoms with E-state index in [9.17, 15) is 0 Å². The molecule has 22 heavy (non-hydrogen) atoms. The maximum absolute atomic E-state index is 5.73. The number of hydrogen-bond acceptors (Lipinski definition) is 9.